The van der Waals surface area contributed by atoms with E-state index in [1.54, 1.807) is 6.07 Å². The third kappa shape index (κ3) is 1.99. The van der Waals surface area contributed by atoms with Gasteiger partial charge in [0.25, 0.3) is 0 Å². The summed E-state index contributed by atoms with van der Waals surface area (Å²) in [5.41, 5.74) is 0.277. The Morgan fingerprint density at radius 1 is 1.39 bits per heavy atom. The molecule has 0 radical (unpaired) electrons. The van der Waals surface area contributed by atoms with Crippen LogP contribution >= 0.6 is 0 Å². The van der Waals surface area contributed by atoms with Crippen LogP contribution in [-0.4, -0.2) is 23.4 Å². The van der Waals surface area contributed by atoms with Crippen molar-refractivity contribution in [2.24, 2.45) is 0 Å². The van der Waals surface area contributed by atoms with E-state index < -0.39 is 11.7 Å². The van der Waals surface area contributed by atoms with E-state index in [1.165, 1.54) is 12.1 Å². The molecule has 4 heteroatoms. The van der Waals surface area contributed by atoms with E-state index in [-0.39, 0.29) is 11.9 Å². The number of fused-ring (bicyclic) bond motifs is 1. The van der Waals surface area contributed by atoms with Crippen LogP contribution in [0.3, 0.4) is 0 Å². The summed E-state index contributed by atoms with van der Waals surface area (Å²) in [6.45, 7) is 2.62. The Kier molecular flexibility index (Phi) is 2.79. The van der Waals surface area contributed by atoms with Gasteiger partial charge in [-0.2, -0.15) is 0 Å². The zero-order chi connectivity index (χ0) is 12.8. The lowest BCUT2D eigenvalue weighted by atomic mass is 9.81. The maximum atomic E-state index is 13.3. The third-order valence-corrected chi connectivity index (χ3v) is 3.85. The SMILES string of the molecule is CC1CC2(CCO1)CC(O)c1ccc(F)cc1O2. The lowest BCUT2D eigenvalue weighted by Gasteiger charge is -2.44. The number of benzene rings is 1. The first-order chi connectivity index (χ1) is 8.58. The van der Waals surface area contributed by atoms with Crippen molar-refractivity contribution >= 4 is 0 Å². The third-order valence-electron chi connectivity index (χ3n) is 3.85. The average molecular weight is 252 g/mol. The van der Waals surface area contributed by atoms with Crippen LogP contribution in [0.5, 0.6) is 5.75 Å². The Morgan fingerprint density at radius 3 is 3.00 bits per heavy atom. The predicted molar refractivity (Wildman–Crippen MR) is 64.0 cm³/mol. The normalized spacial score (nSPS) is 35.1. The molecule has 2 heterocycles. The summed E-state index contributed by atoms with van der Waals surface area (Å²) < 4.78 is 24.8. The van der Waals surface area contributed by atoms with Crippen LogP contribution in [0.15, 0.2) is 18.2 Å². The molecule has 3 nitrogen and oxygen atoms in total. The maximum Gasteiger partial charge on any atom is 0.128 e. The first kappa shape index (κ1) is 11.9. The summed E-state index contributed by atoms with van der Waals surface area (Å²) in [7, 11) is 0. The van der Waals surface area contributed by atoms with E-state index in [0.717, 1.165) is 12.8 Å². The molecule has 2 aliphatic rings. The van der Waals surface area contributed by atoms with Gasteiger partial charge < -0.3 is 14.6 Å². The van der Waals surface area contributed by atoms with Crippen LogP contribution in [0.1, 0.15) is 37.9 Å². The van der Waals surface area contributed by atoms with E-state index in [0.29, 0.717) is 24.3 Å². The first-order valence-corrected chi connectivity index (χ1v) is 6.36. The van der Waals surface area contributed by atoms with E-state index in [1.807, 2.05) is 6.92 Å². The molecule has 0 aliphatic carbocycles. The molecule has 1 saturated heterocycles. The molecular formula is C14H17FO3. The van der Waals surface area contributed by atoms with Gasteiger partial charge in [-0.05, 0) is 19.1 Å². The highest BCUT2D eigenvalue weighted by Crippen LogP contribution is 2.45. The topological polar surface area (TPSA) is 38.7 Å². The highest BCUT2D eigenvalue weighted by Gasteiger charge is 2.43. The molecule has 1 spiro atoms. The summed E-state index contributed by atoms with van der Waals surface area (Å²) in [4.78, 5) is 0. The lowest BCUT2D eigenvalue weighted by molar-refractivity contribution is -0.111. The number of hydrogen-bond donors (Lipinski definition) is 1. The molecule has 1 fully saturated rings. The Labute approximate surface area is 106 Å². The van der Waals surface area contributed by atoms with Gasteiger partial charge in [-0.15, -0.1) is 0 Å². The fourth-order valence-corrected chi connectivity index (χ4v) is 3.02. The molecular weight excluding hydrogens is 235 g/mol. The minimum absolute atomic E-state index is 0.112. The zero-order valence-electron chi connectivity index (χ0n) is 10.4. The van der Waals surface area contributed by atoms with Crippen LogP contribution in [0.4, 0.5) is 4.39 Å². The number of hydrogen-bond acceptors (Lipinski definition) is 3. The Bertz CT molecular complexity index is 462. The molecule has 0 aromatic heterocycles. The fraction of sp³-hybridized carbons (Fsp3) is 0.571. The van der Waals surface area contributed by atoms with Gasteiger partial charge in [0.15, 0.2) is 0 Å². The molecule has 18 heavy (non-hydrogen) atoms. The summed E-state index contributed by atoms with van der Waals surface area (Å²) in [5, 5.41) is 10.2. The molecule has 1 N–H and O–H groups in total. The Balaban J connectivity index is 1.94. The van der Waals surface area contributed by atoms with Gasteiger partial charge in [0.05, 0.1) is 18.8 Å². The van der Waals surface area contributed by atoms with E-state index in [9.17, 15) is 9.50 Å². The highest BCUT2D eigenvalue weighted by atomic mass is 19.1. The van der Waals surface area contributed by atoms with E-state index in [2.05, 4.69) is 0 Å². The smallest absolute Gasteiger partial charge is 0.128 e. The molecule has 1 aromatic rings. The Hall–Kier alpha value is -1.13. The van der Waals surface area contributed by atoms with Crippen LogP contribution < -0.4 is 4.74 Å². The summed E-state index contributed by atoms with van der Waals surface area (Å²) >= 11 is 0. The van der Waals surface area contributed by atoms with Crippen molar-refractivity contribution in [3.63, 3.8) is 0 Å². The van der Waals surface area contributed by atoms with E-state index >= 15 is 0 Å². The molecule has 98 valence electrons. The lowest BCUT2D eigenvalue weighted by Crippen LogP contribution is -2.47. The molecule has 3 rings (SSSR count). The van der Waals surface area contributed by atoms with Crippen molar-refractivity contribution in [2.45, 2.75) is 44.0 Å². The second-order valence-corrected chi connectivity index (χ2v) is 5.32. The second-order valence-electron chi connectivity index (χ2n) is 5.32. The number of rotatable bonds is 0. The predicted octanol–water partition coefficient (Wildman–Crippen LogP) is 2.58. The van der Waals surface area contributed by atoms with Gasteiger partial charge in [-0.3, -0.25) is 0 Å². The van der Waals surface area contributed by atoms with Crippen LogP contribution in [0, 0.1) is 5.82 Å². The van der Waals surface area contributed by atoms with Crippen molar-refractivity contribution in [2.75, 3.05) is 6.61 Å². The van der Waals surface area contributed by atoms with Gasteiger partial charge in [-0.25, -0.2) is 4.39 Å². The van der Waals surface area contributed by atoms with Gasteiger partial charge in [0.1, 0.15) is 17.2 Å². The number of halogens is 1. The molecule has 2 aliphatic heterocycles. The van der Waals surface area contributed by atoms with Crippen LogP contribution in [0.2, 0.25) is 0 Å². The van der Waals surface area contributed by atoms with Crippen molar-refractivity contribution < 1.29 is 19.0 Å². The fourth-order valence-electron chi connectivity index (χ4n) is 3.02. The standard InChI is InChI=1S/C14H17FO3/c1-9-7-14(4-5-17-9)8-12(16)11-3-2-10(15)6-13(11)18-14/h2-3,6,9,12,16H,4-5,7-8H2,1H3. The molecule has 3 unspecified atom stereocenters. The van der Waals surface area contributed by atoms with Crippen LogP contribution in [-0.2, 0) is 4.74 Å². The monoisotopic (exact) mass is 252 g/mol. The van der Waals surface area contributed by atoms with Crippen molar-refractivity contribution in [1.82, 2.24) is 0 Å². The molecule has 3 atom stereocenters. The van der Waals surface area contributed by atoms with Gasteiger partial charge in [0.2, 0.25) is 0 Å². The number of aliphatic hydroxyl groups excluding tert-OH is 1. The zero-order valence-corrected chi connectivity index (χ0v) is 10.4. The quantitative estimate of drug-likeness (QED) is 0.771. The van der Waals surface area contributed by atoms with Gasteiger partial charge >= 0.3 is 0 Å². The average Bonchev–Trinajstić information content (AvgIpc) is 2.27. The van der Waals surface area contributed by atoms with Gasteiger partial charge in [-0.1, -0.05) is 0 Å². The molecule has 0 bridgehead atoms. The molecule has 0 amide bonds. The summed E-state index contributed by atoms with van der Waals surface area (Å²) in [5.74, 6) is 0.140. The molecule has 0 saturated carbocycles. The highest BCUT2D eigenvalue weighted by molar-refractivity contribution is 5.38. The van der Waals surface area contributed by atoms with Crippen molar-refractivity contribution in [3.05, 3.63) is 29.6 Å². The minimum atomic E-state index is -0.584. The second kappa shape index (κ2) is 4.21. The summed E-state index contributed by atoms with van der Waals surface area (Å²) in [6.07, 6.45) is 1.56. The van der Waals surface area contributed by atoms with Gasteiger partial charge in [0, 0.05) is 30.9 Å². The van der Waals surface area contributed by atoms with E-state index in [4.69, 9.17) is 9.47 Å². The largest absolute Gasteiger partial charge is 0.486 e. The first-order valence-electron chi connectivity index (χ1n) is 6.36. The molecule has 1 aromatic carbocycles. The summed E-state index contributed by atoms with van der Waals surface area (Å²) in [6, 6.07) is 4.32. The van der Waals surface area contributed by atoms with Crippen molar-refractivity contribution in [3.8, 4) is 5.75 Å². The number of ether oxygens (including phenoxy) is 2. The van der Waals surface area contributed by atoms with Crippen molar-refractivity contribution in [1.29, 1.82) is 0 Å². The maximum absolute atomic E-state index is 13.3. The van der Waals surface area contributed by atoms with Crippen LogP contribution in [0.25, 0.3) is 0 Å². The Morgan fingerprint density at radius 2 is 2.22 bits per heavy atom. The minimum Gasteiger partial charge on any atom is -0.486 e. The number of aliphatic hydroxyl groups is 1.